The molecule has 0 aromatic heterocycles. The van der Waals surface area contributed by atoms with E-state index in [-0.39, 0.29) is 24.2 Å². The van der Waals surface area contributed by atoms with Crippen LogP contribution < -0.4 is 9.50 Å². The summed E-state index contributed by atoms with van der Waals surface area (Å²) in [5, 5.41) is 2.83. The molecule has 0 spiro atoms. The summed E-state index contributed by atoms with van der Waals surface area (Å²) < 4.78 is 70.2. The van der Waals surface area contributed by atoms with Crippen molar-refractivity contribution in [1.82, 2.24) is 4.90 Å². The van der Waals surface area contributed by atoms with Crippen LogP contribution in [0.3, 0.4) is 0 Å². The number of benzene rings is 3. The molecule has 6 nitrogen and oxygen atoms in total. The number of nitrogens with one attached hydrogen (secondary N) is 1. The predicted octanol–water partition coefficient (Wildman–Crippen LogP) is 6.93. The number of carbonyl (C=O) groups excluding carboxylic acids is 1. The van der Waals surface area contributed by atoms with E-state index in [1.54, 1.807) is 41.3 Å². The maximum Gasteiger partial charge on any atom is 0.416 e. The molecule has 0 aliphatic rings. The number of rotatable bonds is 8. The maximum atomic E-state index is 13.0. The van der Waals surface area contributed by atoms with Crippen LogP contribution in [0.4, 0.5) is 23.7 Å². The van der Waals surface area contributed by atoms with Crippen LogP contribution in [-0.2, 0) is 22.8 Å². The van der Waals surface area contributed by atoms with Crippen molar-refractivity contribution in [3.05, 3.63) is 88.4 Å². The minimum atomic E-state index is -4.69. The van der Waals surface area contributed by atoms with E-state index in [9.17, 15) is 26.4 Å². The van der Waals surface area contributed by atoms with Crippen molar-refractivity contribution in [2.45, 2.75) is 31.5 Å². The van der Waals surface area contributed by atoms with Crippen molar-refractivity contribution in [2.75, 3.05) is 11.9 Å². The van der Waals surface area contributed by atoms with Gasteiger partial charge < -0.3 is 14.4 Å². The molecule has 0 radical (unpaired) electrons. The second-order valence-electron chi connectivity index (χ2n) is 8.42. The molecule has 0 saturated carbocycles. The number of alkyl halides is 3. The topological polar surface area (TPSA) is 75.7 Å². The Morgan fingerprint density at radius 3 is 2.33 bits per heavy atom. The average molecular weight is 585 g/mol. The van der Waals surface area contributed by atoms with Crippen LogP contribution in [0.15, 0.2) is 82.2 Å². The zero-order valence-corrected chi connectivity index (χ0v) is 21.8. The van der Waals surface area contributed by atoms with Crippen molar-refractivity contribution >= 4 is 37.8 Å². The lowest BCUT2D eigenvalue weighted by atomic mass is 10.1. The molecule has 0 fully saturated rings. The molecular weight excluding hydrogens is 561 g/mol. The van der Waals surface area contributed by atoms with Gasteiger partial charge in [-0.05, 0) is 66.1 Å². The van der Waals surface area contributed by atoms with E-state index >= 15 is 0 Å². The SMILES string of the molecule is CC(C)CN(Cc1cccc(OS(=O)(=O)c2cccc(C(F)(F)F)c2)c1)C(=O)Nc1ccc(Br)cc1. The number of nitrogens with zero attached hydrogens (tertiary/aromatic N) is 1. The standard InChI is InChI=1S/C25H24BrF3N2O4S/c1-17(2)15-31(24(32)30-21-11-9-20(26)10-12-21)16-18-5-3-7-22(13-18)35-36(33,34)23-8-4-6-19(14-23)25(27,28)29/h3-14,17H,15-16H2,1-2H3,(H,30,32). The highest BCUT2D eigenvalue weighted by atomic mass is 79.9. The Kier molecular flexibility index (Phi) is 8.67. The van der Waals surface area contributed by atoms with Gasteiger partial charge in [0.05, 0.1) is 5.56 Å². The fourth-order valence-electron chi connectivity index (χ4n) is 3.31. The largest absolute Gasteiger partial charge is 0.416 e. The van der Waals surface area contributed by atoms with E-state index < -0.39 is 26.8 Å². The van der Waals surface area contributed by atoms with Crippen molar-refractivity contribution in [3.63, 3.8) is 0 Å². The first-order chi connectivity index (χ1) is 16.8. The summed E-state index contributed by atoms with van der Waals surface area (Å²) >= 11 is 3.34. The third-order valence-electron chi connectivity index (χ3n) is 4.90. The zero-order chi connectivity index (χ0) is 26.5. The first-order valence-electron chi connectivity index (χ1n) is 10.9. The Balaban J connectivity index is 1.78. The third kappa shape index (κ3) is 7.72. The fourth-order valence-corrected chi connectivity index (χ4v) is 4.55. The normalized spacial score (nSPS) is 11.9. The lowest BCUT2D eigenvalue weighted by molar-refractivity contribution is -0.137. The molecule has 192 valence electrons. The smallest absolute Gasteiger partial charge is 0.379 e. The molecule has 0 heterocycles. The van der Waals surface area contributed by atoms with E-state index in [1.165, 1.54) is 12.1 Å². The molecule has 0 unspecified atom stereocenters. The number of anilines is 1. The van der Waals surface area contributed by atoms with Gasteiger partial charge in [-0.25, -0.2) is 4.79 Å². The minimum absolute atomic E-state index is 0.0808. The van der Waals surface area contributed by atoms with Crippen LogP contribution in [0.5, 0.6) is 5.75 Å². The van der Waals surface area contributed by atoms with Gasteiger partial charge in [0.15, 0.2) is 0 Å². The van der Waals surface area contributed by atoms with Crippen molar-refractivity contribution in [2.24, 2.45) is 5.92 Å². The Morgan fingerprint density at radius 1 is 1.03 bits per heavy atom. The van der Waals surface area contributed by atoms with Crippen LogP contribution in [0.25, 0.3) is 0 Å². The highest BCUT2D eigenvalue weighted by Gasteiger charge is 2.32. The predicted molar refractivity (Wildman–Crippen MR) is 134 cm³/mol. The highest BCUT2D eigenvalue weighted by molar-refractivity contribution is 9.10. The Morgan fingerprint density at radius 2 is 1.69 bits per heavy atom. The first-order valence-corrected chi connectivity index (χ1v) is 13.1. The van der Waals surface area contributed by atoms with Crippen LogP contribution >= 0.6 is 15.9 Å². The zero-order valence-electron chi connectivity index (χ0n) is 19.4. The van der Waals surface area contributed by atoms with Crippen molar-refractivity contribution < 1.29 is 30.6 Å². The second kappa shape index (κ2) is 11.3. The van der Waals surface area contributed by atoms with Gasteiger partial charge in [0, 0.05) is 23.2 Å². The van der Waals surface area contributed by atoms with E-state index in [1.807, 2.05) is 13.8 Å². The third-order valence-corrected chi connectivity index (χ3v) is 6.67. The molecule has 2 amide bonds. The molecule has 3 aromatic carbocycles. The van der Waals surface area contributed by atoms with E-state index in [2.05, 4.69) is 21.2 Å². The Labute approximate surface area is 216 Å². The highest BCUT2D eigenvalue weighted by Crippen LogP contribution is 2.31. The van der Waals surface area contributed by atoms with Crippen molar-refractivity contribution in [3.8, 4) is 5.75 Å². The minimum Gasteiger partial charge on any atom is -0.379 e. The number of amides is 2. The maximum absolute atomic E-state index is 13.0. The quantitative estimate of drug-likeness (QED) is 0.291. The first kappa shape index (κ1) is 27.5. The summed E-state index contributed by atoms with van der Waals surface area (Å²) in [7, 11) is -4.52. The van der Waals surface area contributed by atoms with Crippen LogP contribution in [0.2, 0.25) is 0 Å². The Hall–Kier alpha value is -3.05. The van der Waals surface area contributed by atoms with Crippen LogP contribution in [-0.4, -0.2) is 25.9 Å². The molecule has 3 aromatic rings. The molecule has 11 heteroatoms. The summed E-state index contributed by atoms with van der Waals surface area (Å²) in [6.45, 7) is 4.50. The van der Waals surface area contributed by atoms with E-state index in [4.69, 9.17) is 4.18 Å². The lowest BCUT2D eigenvalue weighted by Crippen LogP contribution is -2.37. The fraction of sp³-hybridized carbons (Fsp3) is 0.240. The molecule has 36 heavy (non-hydrogen) atoms. The van der Waals surface area contributed by atoms with Gasteiger partial charge in [0.25, 0.3) is 0 Å². The Bertz CT molecular complexity index is 1310. The van der Waals surface area contributed by atoms with Gasteiger partial charge >= 0.3 is 22.3 Å². The number of halogens is 4. The molecular formula is C25H24BrF3N2O4S. The molecule has 3 rings (SSSR count). The van der Waals surface area contributed by atoms with Gasteiger partial charge in [0.2, 0.25) is 0 Å². The van der Waals surface area contributed by atoms with Crippen molar-refractivity contribution in [1.29, 1.82) is 0 Å². The van der Waals surface area contributed by atoms with Gasteiger partial charge in [-0.3, -0.25) is 0 Å². The molecule has 0 aliphatic heterocycles. The summed E-state index contributed by atoms with van der Waals surface area (Å²) in [5.41, 5.74) is 0.0987. The van der Waals surface area contributed by atoms with Gasteiger partial charge in [-0.2, -0.15) is 21.6 Å². The second-order valence-corrected chi connectivity index (χ2v) is 10.9. The summed E-state index contributed by atoms with van der Waals surface area (Å²) in [4.78, 5) is 13.9. The van der Waals surface area contributed by atoms with Gasteiger partial charge in [0.1, 0.15) is 10.6 Å². The van der Waals surface area contributed by atoms with Crippen LogP contribution in [0.1, 0.15) is 25.0 Å². The monoisotopic (exact) mass is 584 g/mol. The molecule has 0 saturated heterocycles. The summed E-state index contributed by atoms with van der Waals surface area (Å²) in [6.07, 6.45) is -4.69. The number of hydrogen-bond donors (Lipinski definition) is 1. The summed E-state index contributed by atoms with van der Waals surface area (Å²) in [6, 6.07) is 16.2. The summed E-state index contributed by atoms with van der Waals surface area (Å²) in [5.74, 6) is 0.0733. The van der Waals surface area contributed by atoms with E-state index in [0.717, 1.165) is 22.7 Å². The molecule has 1 N–H and O–H groups in total. The van der Waals surface area contributed by atoms with E-state index in [0.29, 0.717) is 23.9 Å². The molecule has 0 atom stereocenters. The number of urea groups is 1. The lowest BCUT2D eigenvalue weighted by Gasteiger charge is -2.25. The molecule has 0 bridgehead atoms. The number of hydrogen-bond acceptors (Lipinski definition) is 4. The van der Waals surface area contributed by atoms with Gasteiger partial charge in [-0.1, -0.05) is 48.0 Å². The number of carbonyl (C=O) groups is 1. The van der Waals surface area contributed by atoms with Gasteiger partial charge in [-0.15, -0.1) is 0 Å². The van der Waals surface area contributed by atoms with Crippen LogP contribution in [0, 0.1) is 5.92 Å². The molecule has 0 aliphatic carbocycles. The average Bonchev–Trinajstić information content (AvgIpc) is 2.79.